The van der Waals surface area contributed by atoms with E-state index >= 15 is 0 Å². The zero-order chi connectivity index (χ0) is 24.7. The minimum atomic E-state index is -0.739. The molecule has 3 N–H and O–H groups in total. The van der Waals surface area contributed by atoms with Crippen LogP contribution in [0.2, 0.25) is 0 Å². The van der Waals surface area contributed by atoms with E-state index in [2.05, 4.69) is 38.5 Å². The third-order valence-corrected chi connectivity index (χ3v) is 5.82. The van der Waals surface area contributed by atoms with Crippen LogP contribution in [0.4, 0.5) is 4.79 Å². The van der Waals surface area contributed by atoms with Gasteiger partial charge >= 0.3 is 12.0 Å². The van der Waals surface area contributed by atoms with Gasteiger partial charge < -0.3 is 30.2 Å². The number of hydrogen-bond donors (Lipinski definition) is 3. The summed E-state index contributed by atoms with van der Waals surface area (Å²) in [5.74, 6) is -0.0294. The number of ether oxygens (including phenoxy) is 3. The summed E-state index contributed by atoms with van der Waals surface area (Å²) >= 11 is 2.07. The average Bonchev–Trinajstić information content (AvgIpc) is 2.82. The van der Waals surface area contributed by atoms with Crippen LogP contribution in [0.5, 0.6) is 11.5 Å². The Bertz CT molecular complexity index is 1100. The van der Waals surface area contributed by atoms with Crippen LogP contribution >= 0.6 is 22.6 Å². The fourth-order valence-corrected chi connectivity index (χ4v) is 4.25. The first kappa shape index (κ1) is 25.3. The number of esters is 1. The van der Waals surface area contributed by atoms with E-state index in [1.165, 1.54) is 7.11 Å². The molecule has 180 valence electrons. The Morgan fingerprint density at radius 3 is 2.56 bits per heavy atom. The molecule has 3 amide bonds. The smallest absolute Gasteiger partial charge is 0.337 e. The number of urea groups is 1. The third-order valence-electron chi connectivity index (χ3n) is 5.02. The molecule has 1 aliphatic heterocycles. The molecule has 0 unspecified atom stereocenters. The van der Waals surface area contributed by atoms with Crippen molar-refractivity contribution in [2.24, 2.45) is 0 Å². The molecular formula is C24H26IN3O6. The molecule has 2 aromatic carbocycles. The number of carbonyl (C=O) groups excluding carboxylic acids is 3. The van der Waals surface area contributed by atoms with Crippen molar-refractivity contribution in [3.05, 3.63) is 68.4 Å². The lowest BCUT2D eigenvalue weighted by Gasteiger charge is -2.28. The molecule has 34 heavy (non-hydrogen) atoms. The number of allylic oxidation sites excluding steroid dienone is 1. The second kappa shape index (κ2) is 11.7. The van der Waals surface area contributed by atoms with Gasteiger partial charge in [0.25, 0.3) is 5.91 Å². The van der Waals surface area contributed by atoms with Crippen molar-refractivity contribution < 1.29 is 28.6 Å². The highest BCUT2D eigenvalue weighted by molar-refractivity contribution is 14.1. The van der Waals surface area contributed by atoms with Gasteiger partial charge in [-0.25, -0.2) is 9.59 Å². The quantitative estimate of drug-likeness (QED) is 0.311. The Kier molecular flexibility index (Phi) is 8.74. The molecule has 1 heterocycles. The fourth-order valence-electron chi connectivity index (χ4n) is 3.47. The van der Waals surface area contributed by atoms with Crippen molar-refractivity contribution in [3.63, 3.8) is 0 Å². The molecule has 3 rings (SSSR count). The highest BCUT2D eigenvalue weighted by atomic mass is 127. The van der Waals surface area contributed by atoms with E-state index in [0.717, 1.165) is 5.56 Å². The van der Waals surface area contributed by atoms with Gasteiger partial charge in [-0.15, -0.1) is 0 Å². The molecular weight excluding hydrogens is 553 g/mol. The first-order valence-corrected chi connectivity index (χ1v) is 11.7. The summed E-state index contributed by atoms with van der Waals surface area (Å²) in [7, 11) is 1.28. The standard InChI is InChI=1S/C24H26IN3O6/c1-4-33-18-11-16(21-20(23(30)32-3)14(2)27-24(31)28-21)10-17(25)22(18)34-13-19(29)26-12-15-8-6-5-7-9-15/h5-11,21H,4,12-13H2,1-3H3,(H,26,29)(H2,27,28,31)/t21-/m0/s1. The molecule has 0 saturated carbocycles. The van der Waals surface area contributed by atoms with E-state index in [1.54, 1.807) is 19.1 Å². The Labute approximate surface area is 211 Å². The van der Waals surface area contributed by atoms with Crippen molar-refractivity contribution >= 4 is 40.5 Å². The van der Waals surface area contributed by atoms with Gasteiger partial charge in [-0.2, -0.15) is 0 Å². The molecule has 1 aliphatic rings. The van der Waals surface area contributed by atoms with Gasteiger partial charge in [-0.3, -0.25) is 4.79 Å². The number of halogens is 1. The topological polar surface area (TPSA) is 115 Å². The first-order chi connectivity index (χ1) is 16.3. The maximum Gasteiger partial charge on any atom is 0.337 e. The van der Waals surface area contributed by atoms with E-state index in [-0.39, 0.29) is 18.1 Å². The van der Waals surface area contributed by atoms with Crippen molar-refractivity contribution in [3.8, 4) is 11.5 Å². The minimum absolute atomic E-state index is 0.196. The molecule has 0 spiro atoms. The Balaban J connectivity index is 1.81. The highest BCUT2D eigenvalue weighted by Crippen LogP contribution is 2.38. The number of rotatable bonds is 9. The van der Waals surface area contributed by atoms with E-state index in [9.17, 15) is 14.4 Å². The summed E-state index contributed by atoms with van der Waals surface area (Å²) in [6, 6.07) is 11.9. The van der Waals surface area contributed by atoms with E-state index in [0.29, 0.717) is 39.5 Å². The molecule has 0 aromatic heterocycles. The van der Waals surface area contributed by atoms with E-state index in [1.807, 2.05) is 37.3 Å². The van der Waals surface area contributed by atoms with Crippen LogP contribution in [0.1, 0.15) is 31.0 Å². The largest absolute Gasteiger partial charge is 0.490 e. The molecule has 10 heteroatoms. The van der Waals surface area contributed by atoms with Gasteiger partial charge in [0.2, 0.25) is 0 Å². The third kappa shape index (κ3) is 6.19. The Morgan fingerprint density at radius 2 is 1.88 bits per heavy atom. The predicted octanol–water partition coefficient (Wildman–Crippen LogP) is 3.19. The van der Waals surface area contributed by atoms with Crippen LogP contribution in [0, 0.1) is 3.57 Å². The second-order valence-corrected chi connectivity index (χ2v) is 8.54. The number of carbonyl (C=O) groups is 3. The molecule has 0 bridgehead atoms. The number of nitrogens with one attached hydrogen (secondary N) is 3. The Hall–Kier alpha value is -3.28. The van der Waals surface area contributed by atoms with Crippen molar-refractivity contribution in [1.82, 2.24) is 16.0 Å². The van der Waals surface area contributed by atoms with E-state index < -0.39 is 18.0 Å². The van der Waals surface area contributed by atoms with E-state index in [4.69, 9.17) is 14.2 Å². The lowest BCUT2D eigenvalue weighted by molar-refractivity contribution is -0.136. The number of benzene rings is 2. The number of amides is 3. The van der Waals surface area contributed by atoms with Gasteiger partial charge in [-0.05, 0) is 59.7 Å². The summed E-state index contributed by atoms with van der Waals surface area (Å²) < 4.78 is 17.1. The molecule has 1 atom stereocenters. The molecule has 0 radical (unpaired) electrons. The van der Waals surface area contributed by atoms with Crippen molar-refractivity contribution in [2.75, 3.05) is 20.3 Å². The normalized spacial score (nSPS) is 15.2. The predicted molar refractivity (Wildman–Crippen MR) is 133 cm³/mol. The van der Waals surface area contributed by atoms with Gasteiger partial charge in [-0.1, -0.05) is 30.3 Å². The fraction of sp³-hybridized carbons (Fsp3) is 0.292. The molecule has 0 aliphatic carbocycles. The van der Waals surface area contributed by atoms with Crippen molar-refractivity contribution in [1.29, 1.82) is 0 Å². The number of hydrogen-bond acceptors (Lipinski definition) is 6. The monoisotopic (exact) mass is 579 g/mol. The van der Waals surface area contributed by atoms with Crippen LogP contribution in [-0.2, 0) is 20.9 Å². The Morgan fingerprint density at radius 1 is 1.15 bits per heavy atom. The van der Waals surface area contributed by atoms with Crippen molar-refractivity contribution in [2.45, 2.75) is 26.4 Å². The molecule has 2 aromatic rings. The zero-order valence-corrected chi connectivity index (χ0v) is 21.2. The molecule has 0 fully saturated rings. The summed E-state index contributed by atoms with van der Waals surface area (Å²) in [5, 5.41) is 8.17. The number of methoxy groups -OCH3 is 1. The zero-order valence-electron chi connectivity index (χ0n) is 19.1. The lowest BCUT2D eigenvalue weighted by atomic mass is 9.95. The van der Waals surface area contributed by atoms with Gasteiger partial charge in [0, 0.05) is 12.2 Å². The molecule has 0 saturated heterocycles. The summed E-state index contributed by atoms with van der Waals surface area (Å²) in [6.45, 7) is 4.02. The van der Waals surface area contributed by atoms with Gasteiger partial charge in [0.05, 0.1) is 28.9 Å². The van der Waals surface area contributed by atoms with Crippen LogP contribution < -0.4 is 25.4 Å². The minimum Gasteiger partial charge on any atom is -0.490 e. The van der Waals surface area contributed by atoms with Crippen LogP contribution in [0.3, 0.4) is 0 Å². The maximum atomic E-state index is 12.4. The highest BCUT2D eigenvalue weighted by Gasteiger charge is 2.33. The summed E-state index contributed by atoms with van der Waals surface area (Å²) in [6.07, 6.45) is 0. The van der Waals surface area contributed by atoms with Crippen LogP contribution in [0.15, 0.2) is 53.7 Å². The van der Waals surface area contributed by atoms with Gasteiger partial charge in [0.15, 0.2) is 18.1 Å². The van der Waals surface area contributed by atoms with Gasteiger partial charge in [0.1, 0.15) is 0 Å². The van der Waals surface area contributed by atoms with Crippen LogP contribution in [-0.4, -0.2) is 38.2 Å². The second-order valence-electron chi connectivity index (χ2n) is 7.38. The SMILES string of the molecule is CCOc1cc([C@@H]2NC(=O)NC(C)=C2C(=O)OC)cc(I)c1OCC(=O)NCc1ccccc1. The summed E-state index contributed by atoms with van der Waals surface area (Å²) in [4.78, 5) is 36.8. The average molecular weight is 579 g/mol. The maximum absolute atomic E-state index is 12.4. The first-order valence-electron chi connectivity index (χ1n) is 10.6. The van der Waals surface area contributed by atoms with Crippen LogP contribution in [0.25, 0.3) is 0 Å². The lowest BCUT2D eigenvalue weighted by Crippen LogP contribution is -2.45. The summed E-state index contributed by atoms with van der Waals surface area (Å²) in [5.41, 5.74) is 2.29. The molecule has 9 nitrogen and oxygen atoms in total.